The first-order valence-electron chi connectivity index (χ1n) is 8.14. The van der Waals surface area contributed by atoms with E-state index in [9.17, 15) is 9.18 Å². The summed E-state index contributed by atoms with van der Waals surface area (Å²) in [5.74, 6) is 0.0447. The highest BCUT2D eigenvalue weighted by Crippen LogP contribution is 2.17. The number of piperazine rings is 1. The van der Waals surface area contributed by atoms with Crippen molar-refractivity contribution in [2.45, 2.75) is 20.3 Å². The van der Waals surface area contributed by atoms with Gasteiger partial charge in [0.2, 0.25) is 5.91 Å². The van der Waals surface area contributed by atoms with Crippen LogP contribution in [0.3, 0.4) is 0 Å². The minimum Gasteiger partial charge on any atom is -0.369 e. The van der Waals surface area contributed by atoms with Crippen molar-refractivity contribution < 1.29 is 9.18 Å². The molecule has 0 bridgehead atoms. The van der Waals surface area contributed by atoms with E-state index in [4.69, 9.17) is 0 Å². The van der Waals surface area contributed by atoms with E-state index in [2.05, 4.69) is 9.80 Å². The average Bonchev–Trinajstić information content (AvgIpc) is 2.55. The highest BCUT2D eigenvalue weighted by atomic mass is 19.1. The summed E-state index contributed by atoms with van der Waals surface area (Å²) in [6.07, 6.45) is 0.595. The van der Waals surface area contributed by atoms with Gasteiger partial charge in [-0.3, -0.25) is 9.69 Å². The van der Waals surface area contributed by atoms with Gasteiger partial charge in [-0.05, 0) is 38.1 Å². The maximum atomic E-state index is 13.0. The highest BCUT2D eigenvalue weighted by molar-refractivity contribution is 5.76. The number of amides is 1. The van der Waals surface area contributed by atoms with Crippen molar-refractivity contribution in [2.24, 2.45) is 0 Å². The molecule has 0 spiro atoms. The van der Waals surface area contributed by atoms with Gasteiger partial charge in [0, 0.05) is 57.9 Å². The van der Waals surface area contributed by atoms with Gasteiger partial charge in [0.05, 0.1) is 0 Å². The van der Waals surface area contributed by atoms with Crippen LogP contribution in [0.25, 0.3) is 0 Å². The lowest BCUT2D eigenvalue weighted by Gasteiger charge is -2.36. The van der Waals surface area contributed by atoms with Crippen LogP contribution >= 0.6 is 0 Å². The number of nitrogens with zero attached hydrogens (tertiary/aromatic N) is 3. The molecule has 0 N–H and O–H groups in total. The molecule has 122 valence electrons. The van der Waals surface area contributed by atoms with Crippen molar-refractivity contribution in [2.75, 3.05) is 50.7 Å². The Hall–Kier alpha value is -1.62. The number of hydrogen-bond acceptors (Lipinski definition) is 3. The second kappa shape index (κ2) is 8.13. The molecule has 1 aromatic rings. The molecule has 1 aromatic carbocycles. The minimum absolute atomic E-state index is 0.197. The standard InChI is InChI=1S/C17H26FN3O/c1-3-20(4-2)17(22)9-10-19-11-13-21(14-12-19)16-7-5-15(18)6-8-16/h5-8H,3-4,9-14H2,1-2H3. The Morgan fingerprint density at radius 3 is 2.23 bits per heavy atom. The van der Waals surface area contributed by atoms with E-state index in [1.807, 2.05) is 30.9 Å². The van der Waals surface area contributed by atoms with Crippen LogP contribution in [0.1, 0.15) is 20.3 Å². The second-order valence-corrected chi connectivity index (χ2v) is 5.62. The lowest BCUT2D eigenvalue weighted by molar-refractivity contribution is -0.131. The molecule has 1 aliphatic rings. The topological polar surface area (TPSA) is 26.8 Å². The molecular weight excluding hydrogens is 281 g/mol. The van der Waals surface area contributed by atoms with Crippen molar-refractivity contribution in [1.29, 1.82) is 0 Å². The van der Waals surface area contributed by atoms with E-state index in [1.165, 1.54) is 12.1 Å². The van der Waals surface area contributed by atoms with E-state index < -0.39 is 0 Å². The Labute approximate surface area is 132 Å². The quantitative estimate of drug-likeness (QED) is 0.806. The molecule has 0 aromatic heterocycles. The van der Waals surface area contributed by atoms with Crippen molar-refractivity contribution >= 4 is 11.6 Å². The van der Waals surface area contributed by atoms with Gasteiger partial charge in [-0.2, -0.15) is 0 Å². The molecule has 0 aliphatic carbocycles. The number of rotatable bonds is 6. The first-order chi connectivity index (χ1) is 10.6. The van der Waals surface area contributed by atoms with Crippen LogP contribution in [0, 0.1) is 5.82 Å². The van der Waals surface area contributed by atoms with Crippen LogP contribution < -0.4 is 4.90 Å². The number of carbonyl (C=O) groups excluding carboxylic acids is 1. The molecule has 0 saturated carbocycles. The van der Waals surface area contributed by atoms with Gasteiger partial charge < -0.3 is 9.80 Å². The minimum atomic E-state index is -0.197. The van der Waals surface area contributed by atoms with Crippen LogP contribution in [0.15, 0.2) is 24.3 Å². The number of benzene rings is 1. The highest BCUT2D eigenvalue weighted by Gasteiger charge is 2.18. The summed E-state index contributed by atoms with van der Waals surface area (Å²) in [5.41, 5.74) is 1.07. The lowest BCUT2D eigenvalue weighted by atomic mass is 10.2. The van der Waals surface area contributed by atoms with Crippen LogP contribution in [0.5, 0.6) is 0 Å². The van der Waals surface area contributed by atoms with E-state index in [-0.39, 0.29) is 11.7 Å². The number of carbonyl (C=O) groups is 1. The monoisotopic (exact) mass is 307 g/mol. The predicted molar refractivity (Wildman–Crippen MR) is 87.6 cm³/mol. The Morgan fingerprint density at radius 2 is 1.68 bits per heavy atom. The molecule has 1 saturated heterocycles. The van der Waals surface area contributed by atoms with Crippen molar-refractivity contribution in [3.63, 3.8) is 0 Å². The molecule has 2 rings (SSSR count). The Bertz CT molecular complexity index is 465. The first-order valence-corrected chi connectivity index (χ1v) is 8.14. The molecule has 0 radical (unpaired) electrons. The summed E-state index contributed by atoms with van der Waals surface area (Å²) in [4.78, 5) is 18.5. The first kappa shape index (κ1) is 16.7. The molecular formula is C17H26FN3O. The zero-order chi connectivity index (χ0) is 15.9. The maximum absolute atomic E-state index is 13.0. The Morgan fingerprint density at radius 1 is 1.09 bits per heavy atom. The van der Waals surface area contributed by atoms with Crippen LogP contribution in [-0.4, -0.2) is 61.5 Å². The predicted octanol–water partition coefficient (Wildman–Crippen LogP) is 2.21. The summed E-state index contributed by atoms with van der Waals surface area (Å²) in [5, 5.41) is 0. The Kier molecular flexibility index (Phi) is 6.19. The fourth-order valence-corrected chi connectivity index (χ4v) is 2.87. The molecule has 4 nitrogen and oxygen atoms in total. The number of hydrogen-bond donors (Lipinski definition) is 0. The summed E-state index contributed by atoms with van der Waals surface area (Å²) in [7, 11) is 0. The van der Waals surface area contributed by atoms with Crippen molar-refractivity contribution in [3.05, 3.63) is 30.1 Å². The van der Waals surface area contributed by atoms with Gasteiger partial charge in [-0.1, -0.05) is 0 Å². The van der Waals surface area contributed by atoms with Crippen LogP contribution in [0.4, 0.5) is 10.1 Å². The van der Waals surface area contributed by atoms with Gasteiger partial charge in [0.25, 0.3) is 0 Å². The third-order valence-electron chi connectivity index (χ3n) is 4.32. The SMILES string of the molecule is CCN(CC)C(=O)CCN1CCN(c2ccc(F)cc2)CC1. The molecule has 5 heteroatoms. The fraction of sp³-hybridized carbons (Fsp3) is 0.588. The lowest BCUT2D eigenvalue weighted by Crippen LogP contribution is -2.47. The summed E-state index contributed by atoms with van der Waals surface area (Å²) < 4.78 is 13.0. The van der Waals surface area contributed by atoms with Crippen molar-refractivity contribution in [1.82, 2.24) is 9.80 Å². The summed E-state index contributed by atoms with van der Waals surface area (Å²) in [6, 6.07) is 6.67. The van der Waals surface area contributed by atoms with Gasteiger partial charge >= 0.3 is 0 Å². The smallest absolute Gasteiger partial charge is 0.223 e. The number of anilines is 1. The van der Waals surface area contributed by atoms with Crippen LogP contribution in [0.2, 0.25) is 0 Å². The fourth-order valence-electron chi connectivity index (χ4n) is 2.87. The molecule has 1 amide bonds. The van der Waals surface area contributed by atoms with E-state index in [1.54, 1.807) is 0 Å². The third kappa shape index (κ3) is 4.44. The Balaban J connectivity index is 1.75. The summed E-state index contributed by atoms with van der Waals surface area (Å²) >= 11 is 0. The zero-order valence-corrected chi connectivity index (χ0v) is 13.6. The van der Waals surface area contributed by atoms with E-state index in [0.717, 1.165) is 51.5 Å². The van der Waals surface area contributed by atoms with Gasteiger partial charge in [0.15, 0.2) is 0 Å². The van der Waals surface area contributed by atoms with Crippen molar-refractivity contribution in [3.8, 4) is 0 Å². The average molecular weight is 307 g/mol. The number of halogens is 1. The maximum Gasteiger partial charge on any atom is 0.223 e. The third-order valence-corrected chi connectivity index (χ3v) is 4.32. The molecule has 0 unspecified atom stereocenters. The molecule has 1 fully saturated rings. The second-order valence-electron chi connectivity index (χ2n) is 5.62. The van der Waals surface area contributed by atoms with Gasteiger partial charge in [-0.25, -0.2) is 4.39 Å². The summed E-state index contributed by atoms with van der Waals surface area (Å²) in [6.45, 7) is 10.2. The van der Waals surface area contributed by atoms with Gasteiger partial charge in [-0.15, -0.1) is 0 Å². The normalized spacial score (nSPS) is 15.9. The van der Waals surface area contributed by atoms with Crippen LogP contribution in [-0.2, 0) is 4.79 Å². The molecule has 22 heavy (non-hydrogen) atoms. The molecule has 0 atom stereocenters. The van der Waals surface area contributed by atoms with Gasteiger partial charge in [0.1, 0.15) is 5.82 Å². The molecule has 1 aliphatic heterocycles. The van der Waals surface area contributed by atoms with E-state index in [0.29, 0.717) is 6.42 Å². The largest absolute Gasteiger partial charge is 0.369 e. The zero-order valence-electron chi connectivity index (χ0n) is 13.6. The van der Waals surface area contributed by atoms with E-state index >= 15 is 0 Å². The molecule has 1 heterocycles.